The number of methoxy groups -OCH3 is 2. The molecule has 0 aliphatic heterocycles. The summed E-state index contributed by atoms with van der Waals surface area (Å²) in [4.78, 5) is 0. The molecule has 0 spiro atoms. The van der Waals surface area contributed by atoms with Gasteiger partial charge in [-0.15, -0.1) is 0 Å². The Morgan fingerprint density at radius 3 is 1.41 bits per heavy atom. The molecule has 0 aromatic heterocycles. The Morgan fingerprint density at radius 1 is 0.655 bits per heavy atom. The lowest BCUT2D eigenvalue weighted by Gasteiger charge is -2.34. The van der Waals surface area contributed by atoms with Crippen molar-refractivity contribution in [2.75, 3.05) is 14.2 Å². The number of benzene rings is 1. The van der Waals surface area contributed by atoms with Crippen molar-refractivity contribution in [1.82, 2.24) is 0 Å². The third kappa shape index (κ3) is 4.90. The van der Waals surface area contributed by atoms with E-state index >= 15 is 0 Å². The first-order valence-electron chi connectivity index (χ1n) is 7.38. The van der Waals surface area contributed by atoms with Gasteiger partial charge >= 0.3 is 18.5 Å². The molecule has 0 saturated heterocycles. The predicted octanol–water partition coefficient (Wildman–Crippen LogP) is 6.04. The van der Waals surface area contributed by atoms with Gasteiger partial charge in [-0.1, -0.05) is 0 Å². The van der Waals surface area contributed by atoms with E-state index in [9.17, 15) is 52.7 Å². The van der Waals surface area contributed by atoms with Crippen molar-refractivity contribution >= 4 is 0 Å². The van der Waals surface area contributed by atoms with Crippen LogP contribution in [0.3, 0.4) is 0 Å². The fourth-order valence-corrected chi connectivity index (χ4v) is 2.75. The molecule has 3 unspecified atom stereocenters. The molecule has 168 valence electrons. The smallest absolute Gasteiger partial charge is 0.381 e. The van der Waals surface area contributed by atoms with Crippen molar-refractivity contribution in [3.8, 4) is 0 Å². The zero-order valence-corrected chi connectivity index (χ0v) is 14.6. The van der Waals surface area contributed by atoms with E-state index in [0.29, 0.717) is 21.1 Å². The molecule has 1 rings (SSSR count). The minimum atomic E-state index is -6.13. The van der Waals surface area contributed by atoms with E-state index in [0.717, 1.165) is 0 Å². The summed E-state index contributed by atoms with van der Waals surface area (Å²) in [6.07, 6.45) is -22.8. The second-order valence-electron chi connectivity index (χ2n) is 5.77. The van der Waals surface area contributed by atoms with Gasteiger partial charge in [-0.25, -0.2) is 13.2 Å². The fourth-order valence-electron chi connectivity index (χ4n) is 2.75. The second kappa shape index (κ2) is 8.20. The summed E-state index contributed by atoms with van der Waals surface area (Å²) in [6.45, 7) is 0.687. The van der Waals surface area contributed by atoms with Gasteiger partial charge in [0.15, 0.2) is 17.5 Å². The summed E-state index contributed by atoms with van der Waals surface area (Å²) >= 11 is 0. The van der Waals surface area contributed by atoms with Crippen LogP contribution >= 0.6 is 0 Å². The molecule has 0 saturated carbocycles. The molecule has 14 heteroatoms. The summed E-state index contributed by atoms with van der Waals surface area (Å²) < 4.78 is 169. The van der Waals surface area contributed by atoms with Crippen LogP contribution in [0.2, 0.25) is 0 Å². The maximum atomic E-state index is 14.3. The minimum Gasteiger partial charge on any atom is -0.381 e. The van der Waals surface area contributed by atoms with Gasteiger partial charge in [-0.05, 0) is 6.92 Å². The number of hydrogen-bond donors (Lipinski definition) is 0. The SMILES string of the molecule is COC(C)C(C(OC)c1c(F)c(F)c(C(F)(F)F)c(F)c1C(F)(F)F)C(F)(F)F. The fraction of sp³-hybridized carbons (Fsp3) is 0.600. The zero-order valence-electron chi connectivity index (χ0n) is 14.6. The van der Waals surface area contributed by atoms with Crippen molar-refractivity contribution in [3.05, 3.63) is 34.1 Å². The molecule has 29 heavy (non-hydrogen) atoms. The van der Waals surface area contributed by atoms with Gasteiger partial charge in [-0.3, -0.25) is 0 Å². The number of ether oxygens (including phenoxy) is 2. The maximum absolute atomic E-state index is 14.3. The quantitative estimate of drug-likeness (QED) is 0.401. The molecule has 0 N–H and O–H groups in total. The van der Waals surface area contributed by atoms with Crippen LogP contribution in [0, 0.1) is 23.4 Å². The van der Waals surface area contributed by atoms with Crippen LogP contribution in [0.1, 0.15) is 29.7 Å². The minimum absolute atomic E-state index is 0.360. The third-order valence-corrected chi connectivity index (χ3v) is 4.04. The van der Waals surface area contributed by atoms with Gasteiger partial charge in [0.05, 0.1) is 12.2 Å². The van der Waals surface area contributed by atoms with Crippen molar-refractivity contribution in [1.29, 1.82) is 0 Å². The lowest BCUT2D eigenvalue weighted by atomic mass is 9.86. The number of halogens is 12. The average Bonchev–Trinajstić information content (AvgIpc) is 2.51. The van der Waals surface area contributed by atoms with Gasteiger partial charge in [-0.2, -0.15) is 39.5 Å². The topological polar surface area (TPSA) is 18.5 Å². The summed E-state index contributed by atoms with van der Waals surface area (Å²) in [6, 6.07) is 0. The van der Waals surface area contributed by atoms with Crippen molar-refractivity contribution in [3.63, 3.8) is 0 Å². The molecule has 0 heterocycles. The van der Waals surface area contributed by atoms with Crippen LogP contribution < -0.4 is 0 Å². The molecule has 0 radical (unpaired) electrons. The molecule has 0 fully saturated rings. The number of hydrogen-bond acceptors (Lipinski definition) is 2. The summed E-state index contributed by atoms with van der Waals surface area (Å²) in [7, 11) is 1.06. The summed E-state index contributed by atoms with van der Waals surface area (Å²) in [5.41, 5.74) is -8.69. The van der Waals surface area contributed by atoms with E-state index in [-0.39, 0.29) is 0 Å². The lowest BCUT2D eigenvalue weighted by molar-refractivity contribution is -0.234. The van der Waals surface area contributed by atoms with Crippen LogP contribution in [0.4, 0.5) is 52.7 Å². The molecule has 1 aromatic rings. The van der Waals surface area contributed by atoms with E-state index in [2.05, 4.69) is 9.47 Å². The van der Waals surface area contributed by atoms with E-state index in [4.69, 9.17) is 0 Å². The lowest BCUT2D eigenvalue weighted by Crippen LogP contribution is -2.40. The highest BCUT2D eigenvalue weighted by Crippen LogP contribution is 2.49. The van der Waals surface area contributed by atoms with Crippen molar-refractivity contribution in [2.45, 2.75) is 37.7 Å². The second-order valence-corrected chi connectivity index (χ2v) is 5.77. The highest BCUT2D eigenvalue weighted by Gasteiger charge is 2.55. The Morgan fingerprint density at radius 2 is 1.10 bits per heavy atom. The van der Waals surface area contributed by atoms with Gasteiger partial charge in [0.25, 0.3) is 0 Å². The summed E-state index contributed by atoms with van der Waals surface area (Å²) in [5.74, 6) is -12.5. The Hall–Kier alpha value is -1.70. The molecular formula is C15H12F12O2. The molecule has 2 nitrogen and oxygen atoms in total. The highest BCUT2D eigenvalue weighted by atomic mass is 19.4. The van der Waals surface area contributed by atoms with E-state index in [1.807, 2.05) is 0 Å². The molecule has 0 aliphatic carbocycles. The first-order valence-corrected chi connectivity index (χ1v) is 7.38. The first-order chi connectivity index (χ1) is 12.9. The largest absolute Gasteiger partial charge is 0.422 e. The van der Waals surface area contributed by atoms with E-state index in [1.54, 1.807) is 0 Å². The van der Waals surface area contributed by atoms with E-state index in [1.165, 1.54) is 0 Å². The Bertz CT molecular complexity index is 735. The van der Waals surface area contributed by atoms with Crippen LogP contribution in [0.25, 0.3) is 0 Å². The number of alkyl halides is 9. The first kappa shape index (κ1) is 25.3. The highest BCUT2D eigenvalue weighted by molar-refractivity contribution is 5.41. The molecular weight excluding hydrogens is 440 g/mol. The Kier molecular flexibility index (Phi) is 7.17. The number of rotatable bonds is 5. The normalized spacial score (nSPS) is 16.7. The van der Waals surface area contributed by atoms with Gasteiger partial charge in [0.2, 0.25) is 0 Å². The predicted molar refractivity (Wildman–Crippen MR) is 72.1 cm³/mol. The van der Waals surface area contributed by atoms with Gasteiger partial charge in [0.1, 0.15) is 17.0 Å². The zero-order chi connectivity index (χ0) is 23.1. The van der Waals surface area contributed by atoms with Gasteiger partial charge in [0, 0.05) is 19.8 Å². The van der Waals surface area contributed by atoms with E-state index < -0.39 is 70.8 Å². The maximum Gasteiger partial charge on any atom is 0.422 e. The average molecular weight is 452 g/mol. The summed E-state index contributed by atoms with van der Waals surface area (Å²) in [5, 5.41) is 0. The molecule has 3 atom stereocenters. The third-order valence-electron chi connectivity index (χ3n) is 4.04. The molecule has 1 aromatic carbocycles. The van der Waals surface area contributed by atoms with Crippen molar-refractivity contribution < 1.29 is 62.2 Å². The van der Waals surface area contributed by atoms with Crippen LogP contribution in [0.5, 0.6) is 0 Å². The molecule has 0 bridgehead atoms. The molecule has 0 aliphatic rings. The van der Waals surface area contributed by atoms with Crippen LogP contribution in [-0.4, -0.2) is 26.5 Å². The van der Waals surface area contributed by atoms with Crippen LogP contribution in [-0.2, 0) is 21.8 Å². The van der Waals surface area contributed by atoms with Crippen molar-refractivity contribution in [2.24, 2.45) is 5.92 Å². The Labute approximate surface area is 155 Å². The Balaban J connectivity index is 4.08. The standard InChI is InChI=1S/C15H12F12O2/c1-4(28-2)6(13(19,20)21)12(29-3)5-7(14(22,23)24)10(17)8(15(25,26)27)11(18)9(5)16/h4,6,12H,1-3H3. The monoisotopic (exact) mass is 452 g/mol. The van der Waals surface area contributed by atoms with Gasteiger partial charge < -0.3 is 9.47 Å². The molecule has 0 amide bonds. The van der Waals surface area contributed by atoms with Crippen LogP contribution in [0.15, 0.2) is 0 Å².